The molecule has 1 amide bonds. The number of benzene rings is 1. The van der Waals surface area contributed by atoms with Crippen molar-refractivity contribution in [1.29, 1.82) is 0 Å². The highest BCUT2D eigenvalue weighted by Crippen LogP contribution is 2.08. The van der Waals surface area contributed by atoms with Gasteiger partial charge in [-0.3, -0.25) is 9.59 Å². The molecule has 4 N–H and O–H groups in total. The van der Waals surface area contributed by atoms with Gasteiger partial charge in [0.25, 0.3) is 5.91 Å². The average molecular weight is 308 g/mol. The number of H-pyrrole nitrogens is 1. The molecule has 0 bridgehead atoms. The van der Waals surface area contributed by atoms with Crippen LogP contribution in [0.5, 0.6) is 0 Å². The molecular formula is C17H16N4O2. The fraction of sp³-hybridized carbons (Fsp3) is 0.118. The number of carbonyl (C=O) groups excluding carboxylic acids is 1. The number of fused-ring (bicyclic) bond motifs is 1. The lowest BCUT2D eigenvalue weighted by molar-refractivity contribution is 0.0949. The third-order valence-electron chi connectivity index (χ3n) is 3.55. The summed E-state index contributed by atoms with van der Waals surface area (Å²) in [6, 6.07) is 10.6. The Morgan fingerprint density at radius 1 is 1.22 bits per heavy atom. The van der Waals surface area contributed by atoms with Crippen LogP contribution in [-0.4, -0.2) is 15.9 Å². The van der Waals surface area contributed by atoms with Crippen molar-refractivity contribution in [1.82, 2.24) is 15.3 Å². The Labute approximate surface area is 132 Å². The summed E-state index contributed by atoms with van der Waals surface area (Å²) in [7, 11) is 0. The van der Waals surface area contributed by atoms with Crippen LogP contribution in [0.2, 0.25) is 0 Å². The van der Waals surface area contributed by atoms with Crippen molar-refractivity contribution in [3.63, 3.8) is 0 Å². The summed E-state index contributed by atoms with van der Waals surface area (Å²) in [5.74, 6) is -0.425. The minimum Gasteiger partial charge on any atom is -0.399 e. The number of amides is 1. The minimum atomic E-state index is -0.425. The van der Waals surface area contributed by atoms with Crippen molar-refractivity contribution in [3.05, 3.63) is 69.6 Å². The largest absolute Gasteiger partial charge is 0.399 e. The number of aromatic nitrogens is 2. The van der Waals surface area contributed by atoms with Crippen LogP contribution in [0.15, 0.2) is 47.4 Å². The topological polar surface area (TPSA) is 101 Å². The van der Waals surface area contributed by atoms with Gasteiger partial charge >= 0.3 is 0 Å². The van der Waals surface area contributed by atoms with Gasteiger partial charge in [0.15, 0.2) is 0 Å². The second-order valence-electron chi connectivity index (χ2n) is 5.30. The normalized spacial score (nSPS) is 10.7. The lowest BCUT2D eigenvalue weighted by Crippen LogP contribution is -2.28. The van der Waals surface area contributed by atoms with Crippen LogP contribution in [0.4, 0.5) is 5.69 Å². The van der Waals surface area contributed by atoms with Gasteiger partial charge in [0.1, 0.15) is 11.2 Å². The molecule has 116 valence electrons. The number of nitrogens with one attached hydrogen (secondary N) is 2. The lowest BCUT2D eigenvalue weighted by Gasteiger charge is -2.06. The molecule has 3 rings (SSSR count). The highest BCUT2D eigenvalue weighted by atomic mass is 16.2. The lowest BCUT2D eigenvalue weighted by atomic mass is 10.1. The van der Waals surface area contributed by atoms with Gasteiger partial charge in [-0.05, 0) is 36.8 Å². The number of rotatable bonds is 3. The molecule has 0 saturated heterocycles. The van der Waals surface area contributed by atoms with Gasteiger partial charge in [-0.15, -0.1) is 0 Å². The summed E-state index contributed by atoms with van der Waals surface area (Å²) >= 11 is 0. The van der Waals surface area contributed by atoms with E-state index in [2.05, 4.69) is 15.3 Å². The summed E-state index contributed by atoms with van der Waals surface area (Å²) in [5, 5.41) is 3.13. The first-order valence-corrected chi connectivity index (χ1v) is 7.16. The van der Waals surface area contributed by atoms with Crippen LogP contribution in [0, 0.1) is 6.92 Å². The maximum absolute atomic E-state index is 12.4. The smallest absolute Gasteiger partial charge is 0.257 e. The van der Waals surface area contributed by atoms with Gasteiger partial charge < -0.3 is 16.0 Å². The Balaban J connectivity index is 1.83. The highest BCUT2D eigenvalue weighted by molar-refractivity contribution is 5.96. The van der Waals surface area contributed by atoms with E-state index in [4.69, 9.17) is 5.73 Å². The maximum atomic E-state index is 12.4. The first-order chi connectivity index (χ1) is 11.0. The van der Waals surface area contributed by atoms with E-state index >= 15 is 0 Å². The molecule has 6 heteroatoms. The molecule has 1 aromatic carbocycles. The molecule has 23 heavy (non-hydrogen) atoms. The Bertz CT molecular complexity index is 929. The van der Waals surface area contributed by atoms with Crippen LogP contribution < -0.4 is 16.5 Å². The predicted octanol–water partition coefficient (Wildman–Crippen LogP) is 1.74. The van der Waals surface area contributed by atoms with Crippen LogP contribution >= 0.6 is 0 Å². The zero-order valence-electron chi connectivity index (χ0n) is 12.6. The van der Waals surface area contributed by atoms with Crippen molar-refractivity contribution in [2.24, 2.45) is 0 Å². The van der Waals surface area contributed by atoms with Crippen LogP contribution in [0.25, 0.3) is 11.0 Å². The van der Waals surface area contributed by atoms with E-state index in [9.17, 15) is 9.59 Å². The molecule has 0 saturated carbocycles. The van der Waals surface area contributed by atoms with Gasteiger partial charge in [-0.2, -0.15) is 0 Å². The first kappa shape index (κ1) is 14.8. The Morgan fingerprint density at radius 3 is 2.70 bits per heavy atom. The van der Waals surface area contributed by atoms with E-state index in [0.717, 1.165) is 11.3 Å². The van der Waals surface area contributed by atoms with E-state index in [-0.39, 0.29) is 11.0 Å². The number of nitrogens with two attached hydrogens (primary N) is 1. The monoisotopic (exact) mass is 308 g/mol. The van der Waals surface area contributed by atoms with E-state index in [1.165, 1.54) is 6.20 Å². The fourth-order valence-corrected chi connectivity index (χ4v) is 2.28. The Kier molecular flexibility index (Phi) is 3.80. The molecule has 0 radical (unpaired) electrons. The molecule has 0 aliphatic heterocycles. The summed E-state index contributed by atoms with van der Waals surface area (Å²) in [6.07, 6.45) is 1.40. The Morgan fingerprint density at radius 2 is 1.96 bits per heavy atom. The fourth-order valence-electron chi connectivity index (χ4n) is 2.28. The van der Waals surface area contributed by atoms with E-state index in [1.807, 2.05) is 19.1 Å². The number of anilines is 1. The zero-order valence-corrected chi connectivity index (χ0v) is 12.6. The van der Waals surface area contributed by atoms with E-state index in [1.54, 1.807) is 24.3 Å². The van der Waals surface area contributed by atoms with Crippen molar-refractivity contribution in [3.8, 4) is 0 Å². The molecule has 0 aliphatic carbocycles. The highest BCUT2D eigenvalue weighted by Gasteiger charge is 2.13. The molecule has 0 unspecified atom stereocenters. The number of nitrogen functional groups attached to an aromatic ring is 1. The zero-order chi connectivity index (χ0) is 16.4. The summed E-state index contributed by atoms with van der Waals surface area (Å²) in [6.45, 7) is 2.16. The molecule has 6 nitrogen and oxygen atoms in total. The summed E-state index contributed by atoms with van der Waals surface area (Å²) in [4.78, 5) is 31.8. The van der Waals surface area contributed by atoms with E-state index in [0.29, 0.717) is 23.3 Å². The number of pyridine rings is 2. The summed E-state index contributed by atoms with van der Waals surface area (Å²) < 4.78 is 0. The number of aromatic amines is 1. The van der Waals surface area contributed by atoms with Gasteiger partial charge in [-0.25, -0.2) is 4.98 Å². The van der Waals surface area contributed by atoms with Crippen molar-refractivity contribution in [2.75, 3.05) is 5.73 Å². The molecule has 0 spiro atoms. The number of carbonyl (C=O) groups is 1. The standard InChI is InChI=1S/C17H16N4O2/c1-10-2-7-13-15(22)14(9-19-16(13)21-10)17(23)20-8-11-3-5-12(18)6-4-11/h2-7,9H,8,18H2,1H3,(H,20,23)(H,19,21,22). The second kappa shape index (κ2) is 5.92. The van der Waals surface area contributed by atoms with Gasteiger partial charge in [0, 0.05) is 24.1 Å². The quantitative estimate of drug-likeness (QED) is 0.641. The first-order valence-electron chi connectivity index (χ1n) is 7.16. The van der Waals surface area contributed by atoms with Crippen LogP contribution in [0.3, 0.4) is 0 Å². The second-order valence-corrected chi connectivity index (χ2v) is 5.30. The van der Waals surface area contributed by atoms with Crippen LogP contribution in [-0.2, 0) is 6.54 Å². The molecular weight excluding hydrogens is 292 g/mol. The molecule has 3 aromatic rings. The van der Waals surface area contributed by atoms with Crippen molar-refractivity contribution < 1.29 is 4.79 Å². The number of nitrogens with zero attached hydrogens (tertiary/aromatic N) is 1. The van der Waals surface area contributed by atoms with Gasteiger partial charge in [0.05, 0.1) is 5.39 Å². The van der Waals surface area contributed by atoms with Gasteiger partial charge in [-0.1, -0.05) is 12.1 Å². The molecule has 2 aromatic heterocycles. The average Bonchev–Trinajstić information content (AvgIpc) is 2.54. The third-order valence-corrected chi connectivity index (χ3v) is 3.55. The molecule has 0 fully saturated rings. The predicted molar refractivity (Wildman–Crippen MR) is 89.1 cm³/mol. The molecule has 2 heterocycles. The number of hydrogen-bond acceptors (Lipinski definition) is 4. The summed E-state index contributed by atoms with van der Waals surface area (Å²) in [5.41, 5.74) is 8.20. The minimum absolute atomic E-state index is 0.0681. The molecule has 0 aliphatic rings. The maximum Gasteiger partial charge on any atom is 0.257 e. The molecule has 0 atom stereocenters. The number of hydrogen-bond donors (Lipinski definition) is 3. The van der Waals surface area contributed by atoms with Crippen molar-refractivity contribution >= 4 is 22.6 Å². The SMILES string of the molecule is Cc1ccc2c(=O)c(C(=O)NCc3ccc(N)cc3)c[nH]c2n1. The van der Waals surface area contributed by atoms with Crippen LogP contribution in [0.1, 0.15) is 21.6 Å². The van der Waals surface area contributed by atoms with E-state index < -0.39 is 5.91 Å². The number of aryl methyl sites for hydroxylation is 1. The Hall–Kier alpha value is -3.15. The third kappa shape index (κ3) is 3.06. The van der Waals surface area contributed by atoms with Crippen molar-refractivity contribution in [2.45, 2.75) is 13.5 Å². The van der Waals surface area contributed by atoms with Gasteiger partial charge in [0.2, 0.25) is 5.43 Å².